The van der Waals surface area contributed by atoms with Gasteiger partial charge >= 0.3 is 0 Å². The quantitative estimate of drug-likeness (QED) is 0.782. The number of nitrogens with zero attached hydrogens (tertiary/aromatic N) is 1. The highest BCUT2D eigenvalue weighted by atomic mass is 16.5. The number of ether oxygens (including phenoxy) is 1. The molecule has 0 spiro atoms. The highest BCUT2D eigenvalue weighted by molar-refractivity contribution is 5.26. The Bertz CT molecular complexity index is 334. The topological polar surface area (TPSA) is 49.9 Å². The average Bonchev–Trinajstić information content (AvgIpc) is 2.66. The van der Waals surface area contributed by atoms with Crippen LogP contribution in [0.5, 0.6) is 0 Å². The monoisotopic (exact) mass is 209 g/mol. The van der Waals surface area contributed by atoms with Crippen LogP contribution in [0, 0.1) is 5.92 Å². The number of hydrogen-bond acceptors (Lipinski definition) is 3. The van der Waals surface area contributed by atoms with Gasteiger partial charge in [0.25, 0.3) is 0 Å². The fourth-order valence-corrected chi connectivity index (χ4v) is 2.38. The molecule has 1 aromatic rings. The Labute approximate surface area is 90.4 Å². The standard InChI is InChI=1S/C11H19N3O/c1-8(2)11(6-15-3)10-9(4-5-14-11)12-7-13-10/h7-8,14H,4-6H2,1-3H3,(H,12,13). The fraction of sp³-hybridized carbons (Fsp3) is 0.727. The summed E-state index contributed by atoms with van der Waals surface area (Å²) < 4.78 is 5.36. The maximum Gasteiger partial charge on any atom is 0.0926 e. The second kappa shape index (κ2) is 3.94. The molecule has 0 aliphatic carbocycles. The minimum atomic E-state index is -0.123. The second-order valence-corrected chi connectivity index (χ2v) is 4.47. The van der Waals surface area contributed by atoms with Gasteiger partial charge in [-0.05, 0) is 5.92 Å². The summed E-state index contributed by atoms with van der Waals surface area (Å²) in [5.41, 5.74) is 2.26. The molecule has 0 fully saturated rings. The third-order valence-corrected chi connectivity index (χ3v) is 3.31. The van der Waals surface area contributed by atoms with Crippen LogP contribution in [0.3, 0.4) is 0 Å². The van der Waals surface area contributed by atoms with E-state index in [9.17, 15) is 0 Å². The number of aromatic nitrogens is 2. The summed E-state index contributed by atoms with van der Waals surface area (Å²) in [6, 6.07) is 0. The van der Waals surface area contributed by atoms with Gasteiger partial charge in [-0.1, -0.05) is 13.8 Å². The summed E-state index contributed by atoms with van der Waals surface area (Å²) in [6.45, 7) is 6.06. The second-order valence-electron chi connectivity index (χ2n) is 4.47. The molecule has 0 saturated heterocycles. The van der Waals surface area contributed by atoms with Gasteiger partial charge in [0.1, 0.15) is 0 Å². The molecule has 4 heteroatoms. The van der Waals surface area contributed by atoms with Gasteiger partial charge in [-0.3, -0.25) is 0 Å². The van der Waals surface area contributed by atoms with Crippen molar-refractivity contribution >= 4 is 0 Å². The molecule has 15 heavy (non-hydrogen) atoms. The van der Waals surface area contributed by atoms with Gasteiger partial charge in [0, 0.05) is 25.8 Å². The normalized spacial score (nSPS) is 25.6. The van der Waals surface area contributed by atoms with Crippen LogP contribution in [0.25, 0.3) is 0 Å². The first kappa shape index (κ1) is 10.6. The van der Waals surface area contributed by atoms with E-state index in [0.29, 0.717) is 12.5 Å². The van der Waals surface area contributed by atoms with E-state index in [0.717, 1.165) is 18.7 Å². The predicted octanol–water partition coefficient (Wildman–Crippen LogP) is 1.05. The lowest BCUT2D eigenvalue weighted by atomic mass is 9.80. The molecular weight excluding hydrogens is 190 g/mol. The van der Waals surface area contributed by atoms with Crippen LogP contribution in [0.15, 0.2) is 6.33 Å². The molecule has 1 aromatic heterocycles. The zero-order valence-electron chi connectivity index (χ0n) is 9.63. The van der Waals surface area contributed by atoms with Crippen LogP contribution in [-0.4, -0.2) is 30.2 Å². The Morgan fingerprint density at radius 2 is 2.40 bits per heavy atom. The largest absolute Gasteiger partial charge is 0.382 e. The van der Waals surface area contributed by atoms with E-state index in [-0.39, 0.29) is 5.54 Å². The van der Waals surface area contributed by atoms with E-state index in [1.807, 2.05) is 0 Å². The molecule has 4 nitrogen and oxygen atoms in total. The van der Waals surface area contributed by atoms with Crippen LogP contribution in [0.4, 0.5) is 0 Å². The first-order valence-electron chi connectivity index (χ1n) is 5.47. The Balaban J connectivity index is 2.42. The molecule has 2 rings (SSSR count). The Morgan fingerprint density at radius 1 is 1.60 bits per heavy atom. The van der Waals surface area contributed by atoms with Gasteiger partial charge in [-0.25, -0.2) is 4.98 Å². The third-order valence-electron chi connectivity index (χ3n) is 3.31. The van der Waals surface area contributed by atoms with Crippen LogP contribution in [0.1, 0.15) is 25.2 Å². The number of rotatable bonds is 3. The average molecular weight is 209 g/mol. The molecular formula is C11H19N3O. The molecule has 1 unspecified atom stereocenters. The zero-order chi connectivity index (χ0) is 10.9. The number of hydrogen-bond donors (Lipinski definition) is 2. The summed E-state index contributed by atoms with van der Waals surface area (Å²) in [5.74, 6) is 0.458. The Kier molecular flexibility index (Phi) is 2.80. The summed E-state index contributed by atoms with van der Waals surface area (Å²) >= 11 is 0. The summed E-state index contributed by atoms with van der Waals surface area (Å²) in [5, 5.41) is 3.57. The van der Waals surface area contributed by atoms with Crippen LogP contribution in [0.2, 0.25) is 0 Å². The van der Waals surface area contributed by atoms with E-state index in [2.05, 4.69) is 29.1 Å². The van der Waals surface area contributed by atoms with Gasteiger partial charge in [-0.2, -0.15) is 0 Å². The molecule has 2 N–H and O–H groups in total. The molecule has 1 aliphatic heterocycles. The molecule has 0 bridgehead atoms. The number of methoxy groups -OCH3 is 1. The van der Waals surface area contributed by atoms with Crippen molar-refractivity contribution in [2.45, 2.75) is 25.8 Å². The molecule has 0 saturated carbocycles. The Morgan fingerprint density at radius 3 is 3.07 bits per heavy atom. The summed E-state index contributed by atoms with van der Waals surface area (Å²) in [6.07, 6.45) is 2.80. The lowest BCUT2D eigenvalue weighted by molar-refractivity contribution is 0.0688. The summed E-state index contributed by atoms with van der Waals surface area (Å²) in [7, 11) is 1.74. The van der Waals surface area contributed by atoms with Crippen LogP contribution >= 0.6 is 0 Å². The number of aromatic amines is 1. The van der Waals surface area contributed by atoms with E-state index >= 15 is 0 Å². The van der Waals surface area contributed by atoms with Crippen molar-refractivity contribution < 1.29 is 4.74 Å². The first-order valence-corrected chi connectivity index (χ1v) is 5.47. The Hall–Kier alpha value is -0.870. The van der Waals surface area contributed by atoms with Crippen molar-refractivity contribution in [1.29, 1.82) is 0 Å². The highest BCUT2D eigenvalue weighted by Crippen LogP contribution is 2.33. The van der Waals surface area contributed by atoms with Crippen LogP contribution < -0.4 is 5.32 Å². The highest BCUT2D eigenvalue weighted by Gasteiger charge is 2.41. The molecule has 0 amide bonds. The van der Waals surface area contributed by atoms with Crippen molar-refractivity contribution in [1.82, 2.24) is 15.3 Å². The predicted molar refractivity (Wildman–Crippen MR) is 58.7 cm³/mol. The number of nitrogens with one attached hydrogen (secondary N) is 2. The molecule has 2 heterocycles. The zero-order valence-corrected chi connectivity index (χ0v) is 9.63. The minimum absolute atomic E-state index is 0.123. The van der Waals surface area contributed by atoms with Gasteiger partial charge in [0.05, 0.1) is 24.2 Å². The van der Waals surface area contributed by atoms with E-state index in [4.69, 9.17) is 4.74 Å². The van der Waals surface area contributed by atoms with Gasteiger partial charge in [-0.15, -0.1) is 0 Å². The fourth-order valence-electron chi connectivity index (χ4n) is 2.38. The van der Waals surface area contributed by atoms with Crippen molar-refractivity contribution in [3.63, 3.8) is 0 Å². The van der Waals surface area contributed by atoms with Crippen molar-refractivity contribution in [3.8, 4) is 0 Å². The van der Waals surface area contributed by atoms with Crippen molar-refractivity contribution in [3.05, 3.63) is 17.7 Å². The van der Waals surface area contributed by atoms with Crippen LogP contribution in [-0.2, 0) is 16.7 Å². The van der Waals surface area contributed by atoms with Crippen molar-refractivity contribution in [2.75, 3.05) is 20.3 Å². The van der Waals surface area contributed by atoms with Gasteiger partial charge in [0.2, 0.25) is 0 Å². The summed E-state index contributed by atoms with van der Waals surface area (Å²) in [4.78, 5) is 7.67. The molecule has 1 atom stereocenters. The molecule has 1 aliphatic rings. The smallest absolute Gasteiger partial charge is 0.0926 e. The van der Waals surface area contributed by atoms with Gasteiger partial charge in [0.15, 0.2) is 0 Å². The first-order chi connectivity index (χ1) is 7.20. The molecule has 0 radical (unpaired) electrons. The van der Waals surface area contributed by atoms with Crippen molar-refractivity contribution in [2.24, 2.45) is 5.92 Å². The molecule has 0 aromatic carbocycles. The number of fused-ring (bicyclic) bond motifs is 1. The van der Waals surface area contributed by atoms with E-state index in [1.54, 1.807) is 13.4 Å². The maximum absolute atomic E-state index is 5.36. The number of imidazole rings is 1. The van der Waals surface area contributed by atoms with Gasteiger partial charge < -0.3 is 15.0 Å². The van der Waals surface area contributed by atoms with E-state index < -0.39 is 0 Å². The lowest BCUT2D eigenvalue weighted by Crippen LogP contribution is -2.54. The SMILES string of the molecule is COCC1(C(C)C)NCCc2[nH]cnc21. The minimum Gasteiger partial charge on any atom is -0.382 e. The third kappa shape index (κ3) is 1.58. The number of H-pyrrole nitrogens is 1. The maximum atomic E-state index is 5.36. The van der Waals surface area contributed by atoms with E-state index in [1.165, 1.54) is 5.69 Å². The lowest BCUT2D eigenvalue weighted by Gasteiger charge is -2.40. The molecule has 84 valence electrons.